The van der Waals surface area contributed by atoms with Crippen LogP contribution in [0.3, 0.4) is 0 Å². The highest BCUT2D eigenvalue weighted by molar-refractivity contribution is 9.10. The number of benzene rings is 2. The second kappa shape index (κ2) is 8.03. The highest BCUT2D eigenvalue weighted by Crippen LogP contribution is 2.29. The van der Waals surface area contributed by atoms with Gasteiger partial charge in [-0.1, -0.05) is 39.0 Å². The van der Waals surface area contributed by atoms with Gasteiger partial charge in [-0.05, 0) is 55.5 Å². The zero-order valence-electron chi connectivity index (χ0n) is 13.4. The van der Waals surface area contributed by atoms with E-state index in [1.807, 2.05) is 55.5 Å². The molecule has 0 aliphatic rings. The molecule has 0 aliphatic heterocycles. The Morgan fingerprint density at radius 1 is 1.12 bits per heavy atom. The van der Waals surface area contributed by atoms with Crippen molar-refractivity contribution in [3.8, 4) is 0 Å². The summed E-state index contributed by atoms with van der Waals surface area (Å²) in [6.07, 6.45) is 0. The lowest BCUT2D eigenvalue weighted by molar-refractivity contribution is -0.116. The molecule has 128 valence electrons. The molecule has 1 amide bonds. The minimum Gasteiger partial charge on any atom is -0.325 e. The number of anilines is 1. The van der Waals surface area contributed by atoms with Crippen LogP contribution in [0.15, 0.2) is 73.0 Å². The first-order valence-corrected chi connectivity index (χ1v) is 9.98. The normalized spacial score (nSPS) is 10.6. The van der Waals surface area contributed by atoms with E-state index < -0.39 is 0 Å². The molecule has 1 N–H and O–H groups in total. The van der Waals surface area contributed by atoms with Gasteiger partial charge in [-0.15, -0.1) is 0 Å². The van der Waals surface area contributed by atoms with Crippen LogP contribution in [0.25, 0.3) is 0 Å². The lowest BCUT2D eigenvalue weighted by Crippen LogP contribution is -2.25. The standard InChI is InChI=1S/C18H15BrN2O2S2/c1-12-11-24-18(23)21(12)10-17(22)20-14-4-8-16(9-5-14)25-15-6-2-13(19)3-7-15/h2-9,11H,10H2,1H3,(H,20,22). The molecule has 0 fully saturated rings. The Kier molecular flexibility index (Phi) is 5.78. The Hall–Kier alpha value is -1.83. The molecule has 1 aromatic heterocycles. The molecule has 0 bridgehead atoms. The van der Waals surface area contributed by atoms with Crippen molar-refractivity contribution < 1.29 is 4.79 Å². The minimum absolute atomic E-state index is 0.0313. The number of carbonyl (C=O) groups excluding carboxylic acids is 1. The summed E-state index contributed by atoms with van der Waals surface area (Å²) in [6.45, 7) is 1.85. The lowest BCUT2D eigenvalue weighted by atomic mass is 10.3. The topological polar surface area (TPSA) is 51.1 Å². The second-order valence-electron chi connectivity index (χ2n) is 5.36. The molecule has 4 nitrogen and oxygen atoms in total. The fourth-order valence-electron chi connectivity index (χ4n) is 2.19. The number of hydrogen-bond acceptors (Lipinski definition) is 4. The maximum Gasteiger partial charge on any atom is 0.307 e. The average Bonchev–Trinajstić information content (AvgIpc) is 2.90. The number of rotatable bonds is 5. The quantitative estimate of drug-likeness (QED) is 0.628. The number of hydrogen-bond donors (Lipinski definition) is 1. The van der Waals surface area contributed by atoms with Crippen LogP contribution in [-0.4, -0.2) is 10.5 Å². The SMILES string of the molecule is Cc1csc(=O)n1CC(=O)Nc1ccc(Sc2ccc(Br)cc2)cc1. The van der Waals surface area contributed by atoms with Crippen molar-refractivity contribution in [2.45, 2.75) is 23.3 Å². The Balaban J connectivity index is 1.61. The Morgan fingerprint density at radius 2 is 1.72 bits per heavy atom. The van der Waals surface area contributed by atoms with Gasteiger partial charge in [-0.2, -0.15) is 0 Å². The summed E-state index contributed by atoms with van der Waals surface area (Å²) in [5, 5.41) is 4.58. The number of carbonyl (C=O) groups is 1. The van der Waals surface area contributed by atoms with Crippen LogP contribution >= 0.6 is 39.0 Å². The number of halogens is 1. The summed E-state index contributed by atoms with van der Waals surface area (Å²) in [4.78, 5) is 25.9. The monoisotopic (exact) mass is 434 g/mol. The van der Waals surface area contributed by atoms with Crippen LogP contribution < -0.4 is 10.2 Å². The van der Waals surface area contributed by atoms with Gasteiger partial charge in [0.15, 0.2) is 0 Å². The molecule has 0 spiro atoms. The van der Waals surface area contributed by atoms with E-state index in [0.29, 0.717) is 5.69 Å². The molecule has 0 aliphatic carbocycles. The van der Waals surface area contributed by atoms with Gasteiger partial charge in [-0.3, -0.25) is 14.2 Å². The predicted octanol–water partition coefficient (Wildman–Crippen LogP) is 4.77. The first kappa shape index (κ1) is 18.0. The van der Waals surface area contributed by atoms with Crippen molar-refractivity contribution in [3.63, 3.8) is 0 Å². The zero-order chi connectivity index (χ0) is 17.8. The van der Waals surface area contributed by atoms with Gasteiger partial charge in [0.2, 0.25) is 5.91 Å². The molecule has 0 atom stereocenters. The maximum absolute atomic E-state index is 12.1. The number of thiazole rings is 1. The fourth-order valence-corrected chi connectivity index (χ4v) is 4.00. The van der Waals surface area contributed by atoms with Gasteiger partial charge in [0.05, 0.1) is 0 Å². The summed E-state index contributed by atoms with van der Waals surface area (Å²) in [7, 11) is 0. The molecule has 7 heteroatoms. The number of aryl methyl sites for hydroxylation is 1. The van der Waals surface area contributed by atoms with E-state index in [0.717, 1.165) is 31.3 Å². The minimum atomic E-state index is -0.211. The van der Waals surface area contributed by atoms with E-state index >= 15 is 0 Å². The van der Waals surface area contributed by atoms with Gasteiger partial charge in [0, 0.05) is 31.0 Å². The Morgan fingerprint density at radius 3 is 2.28 bits per heavy atom. The molecule has 0 saturated heterocycles. The van der Waals surface area contributed by atoms with E-state index in [-0.39, 0.29) is 17.3 Å². The van der Waals surface area contributed by atoms with Crippen LogP contribution in [0.4, 0.5) is 5.69 Å². The van der Waals surface area contributed by atoms with E-state index in [1.54, 1.807) is 17.1 Å². The third-order valence-corrected chi connectivity index (χ3v) is 5.89. The van der Waals surface area contributed by atoms with Crippen molar-refractivity contribution in [1.82, 2.24) is 4.57 Å². The molecule has 2 aromatic carbocycles. The number of nitrogens with zero attached hydrogens (tertiary/aromatic N) is 1. The summed E-state index contributed by atoms with van der Waals surface area (Å²) in [5.41, 5.74) is 1.51. The van der Waals surface area contributed by atoms with E-state index in [1.165, 1.54) is 4.57 Å². The third-order valence-electron chi connectivity index (χ3n) is 3.47. The molecular weight excluding hydrogens is 420 g/mol. The van der Waals surface area contributed by atoms with Gasteiger partial charge < -0.3 is 5.32 Å². The Bertz CT molecular complexity index is 931. The van der Waals surface area contributed by atoms with Crippen molar-refractivity contribution >= 4 is 50.6 Å². The summed E-state index contributed by atoms with van der Waals surface area (Å²) < 4.78 is 2.52. The number of amides is 1. The van der Waals surface area contributed by atoms with Crippen molar-refractivity contribution in [2.75, 3.05) is 5.32 Å². The molecule has 25 heavy (non-hydrogen) atoms. The van der Waals surface area contributed by atoms with Crippen LogP contribution in [-0.2, 0) is 11.3 Å². The maximum atomic E-state index is 12.1. The molecule has 1 heterocycles. The van der Waals surface area contributed by atoms with E-state index in [2.05, 4.69) is 21.2 Å². The second-order valence-corrected chi connectivity index (χ2v) is 8.24. The predicted molar refractivity (Wildman–Crippen MR) is 107 cm³/mol. The smallest absolute Gasteiger partial charge is 0.307 e. The number of nitrogens with one attached hydrogen (secondary N) is 1. The van der Waals surface area contributed by atoms with Crippen molar-refractivity contribution in [3.05, 3.63) is 73.7 Å². The largest absolute Gasteiger partial charge is 0.325 e. The molecule has 0 unspecified atom stereocenters. The fraction of sp³-hybridized carbons (Fsp3) is 0.111. The molecule has 0 saturated carbocycles. The van der Waals surface area contributed by atoms with Gasteiger partial charge in [-0.25, -0.2) is 0 Å². The average molecular weight is 435 g/mol. The summed E-state index contributed by atoms with van der Waals surface area (Å²) in [5.74, 6) is -0.211. The first-order chi connectivity index (χ1) is 12.0. The van der Waals surface area contributed by atoms with E-state index in [9.17, 15) is 9.59 Å². The van der Waals surface area contributed by atoms with Crippen LogP contribution in [0.1, 0.15) is 5.69 Å². The highest BCUT2D eigenvalue weighted by atomic mass is 79.9. The first-order valence-electron chi connectivity index (χ1n) is 7.49. The summed E-state index contributed by atoms with van der Waals surface area (Å²) in [6, 6.07) is 15.8. The third kappa shape index (κ3) is 4.84. The molecule has 3 rings (SSSR count). The molecule has 0 radical (unpaired) electrons. The molecular formula is C18H15BrN2O2S2. The van der Waals surface area contributed by atoms with Crippen molar-refractivity contribution in [2.24, 2.45) is 0 Å². The van der Waals surface area contributed by atoms with Gasteiger partial charge >= 0.3 is 4.87 Å². The molecule has 3 aromatic rings. The van der Waals surface area contributed by atoms with Gasteiger partial charge in [0.1, 0.15) is 6.54 Å². The van der Waals surface area contributed by atoms with Gasteiger partial charge in [0.25, 0.3) is 0 Å². The lowest BCUT2D eigenvalue weighted by Gasteiger charge is -2.08. The van der Waals surface area contributed by atoms with Crippen molar-refractivity contribution in [1.29, 1.82) is 0 Å². The van der Waals surface area contributed by atoms with Crippen LogP contribution in [0, 0.1) is 6.92 Å². The van der Waals surface area contributed by atoms with Crippen LogP contribution in [0.2, 0.25) is 0 Å². The van der Waals surface area contributed by atoms with E-state index in [4.69, 9.17) is 0 Å². The summed E-state index contributed by atoms with van der Waals surface area (Å²) >= 11 is 6.18. The van der Waals surface area contributed by atoms with Crippen LogP contribution in [0.5, 0.6) is 0 Å². The number of aromatic nitrogens is 1. The highest BCUT2D eigenvalue weighted by Gasteiger charge is 2.09. The Labute approximate surface area is 162 Å². The zero-order valence-corrected chi connectivity index (χ0v) is 16.6.